The van der Waals surface area contributed by atoms with Gasteiger partial charge in [-0.2, -0.15) is 0 Å². The third-order valence-corrected chi connectivity index (χ3v) is 8.19. The highest BCUT2D eigenvalue weighted by atomic mass is 32.1. The van der Waals surface area contributed by atoms with Crippen LogP contribution in [0.3, 0.4) is 0 Å². The first-order chi connectivity index (χ1) is 18.0. The first-order valence-electron chi connectivity index (χ1n) is 12.9. The van der Waals surface area contributed by atoms with Crippen molar-refractivity contribution in [2.45, 2.75) is 71.5 Å². The van der Waals surface area contributed by atoms with Gasteiger partial charge in [-0.3, -0.25) is 14.4 Å². The first kappa shape index (κ1) is 27.7. The topological polar surface area (TPSA) is 107 Å². The van der Waals surface area contributed by atoms with Crippen molar-refractivity contribution in [1.82, 2.24) is 24.9 Å². The van der Waals surface area contributed by atoms with E-state index in [-0.39, 0.29) is 48.0 Å². The van der Waals surface area contributed by atoms with Crippen molar-refractivity contribution in [1.29, 1.82) is 0 Å². The number of hydrogen-bond donors (Lipinski definition) is 1. The molecule has 11 heteroatoms. The van der Waals surface area contributed by atoms with E-state index in [1.165, 1.54) is 30.4 Å². The van der Waals surface area contributed by atoms with Gasteiger partial charge >= 0.3 is 0 Å². The Morgan fingerprint density at radius 1 is 1.16 bits per heavy atom. The van der Waals surface area contributed by atoms with Gasteiger partial charge in [0.05, 0.1) is 5.92 Å². The summed E-state index contributed by atoms with van der Waals surface area (Å²) in [5, 5.41) is 20.6. The number of aliphatic hydroxyl groups excluding tert-OH is 1. The van der Waals surface area contributed by atoms with Crippen molar-refractivity contribution in [3.05, 3.63) is 57.1 Å². The molecule has 204 valence electrons. The number of amides is 2. The SMILES string of the molecule is CC(=O)N(CC[C@H]1CN(C(C)C)C(=O)C2=C(O)C(=O)C(c3nnc(Cc4ccc(F)cc4)s3)CN21)C(C)C. The lowest BCUT2D eigenvalue weighted by atomic mass is 9.91. The van der Waals surface area contributed by atoms with Crippen LogP contribution in [0, 0.1) is 5.82 Å². The van der Waals surface area contributed by atoms with Crippen LogP contribution in [0.2, 0.25) is 0 Å². The number of aromatic nitrogens is 2. The summed E-state index contributed by atoms with van der Waals surface area (Å²) >= 11 is 1.27. The number of rotatable bonds is 8. The lowest BCUT2D eigenvalue weighted by molar-refractivity contribution is -0.139. The fourth-order valence-electron chi connectivity index (χ4n) is 5.09. The van der Waals surface area contributed by atoms with Crippen molar-refractivity contribution in [3.8, 4) is 0 Å². The number of carbonyl (C=O) groups excluding carboxylic acids is 3. The van der Waals surface area contributed by atoms with Crippen LogP contribution < -0.4 is 0 Å². The lowest BCUT2D eigenvalue weighted by Crippen LogP contribution is -2.60. The highest BCUT2D eigenvalue weighted by Gasteiger charge is 2.47. The Morgan fingerprint density at radius 3 is 2.45 bits per heavy atom. The number of ketones is 1. The third kappa shape index (κ3) is 5.57. The van der Waals surface area contributed by atoms with Gasteiger partial charge in [0.1, 0.15) is 21.5 Å². The summed E-state index contributed by atoms with van der Waals surface area (Å²) in [5.41, 5.74) is 0.885. The molecule has 0 bridgehead atoms. The maximum atomic E-state index is 13.3. The molecular weight excluding hydrogens is 509 g/mol. The predicted octanol–water partition coefficient (Wildman–Crippen LogP) is 3.27. The van der Waals surface area contributed by atoms with E-state index in [1.54, 1.807) is 21.9 Å². The Hall–Kier alpha value is -3.34. The summed E-state index contributed by atoms with van der Waals surface area (Å²) in [5.74, 6) is -2.59. The van der Waals surface area contributed by atoms with E-state index in [0.29, 0.717) is 35.9 Å². The highest BCUT2D eigenvalue weighted by molar-refractivity contribution is 7.11. The lowest BCUT2D eigenvalue weighted by Gasteiger charge is -2.48. The number of carbonyl (C=O) groups is 3. The number of allylic oxidation sites excluding steroid dienone is 1. The van der Waals surface area contributed by atoms with E-state index < -0.39 is 17.5 Å². The average Bonchev–Trinajstić information content (AvgIpc) is 3.31. The molecule has 0 aliphatic carbocycles. The molecule has 2 aromatic rings. The largest absolute Gasteiger partial charge is 0.503 e. The standard InChI is InChI=1S/C27H34FN5O4S/c1-15(2)31(17(5)34)11-10-20-13-32(16(3)4)27(37)23-25(36)24(35)21(14-33(20)23)26-30-29-22(38-26)12-18-6-8-19(28)9-7-18/h6-9,15-16,20-21,36H,10-14H2,1-5H3/t20-,21?/m0/s1. The second-order valence-electron chi connectivity index (χ2n) is 10.4. The maximum absolute atomic E-state index is 13.3. The average molecular weight is 544 g/mol. The number of halogens is 1. The number of nitrogens with zero attached hydrogens (tertiary/aromatic N) is 5. The van der Waals surface area contributed by atoms with Gasteiger partial charge in [0.15, 0.2) is 5.76 Å². The molecule has 38 heavy (non-hydrogen) atoms. The quantitative estimate of drug-likeness (QED) is 0.545. The normalized spacial score (nSPS) is 20.0. The Balaban J connectivity index is 1.61. The Bertz CT molecular complexity index is 1240. The fraction of sp³-hybridized carbons (Fsp3) is 0.519. The zero-order valence-corrected chi connectivity index (χ0v) is 23.2. The van der Waals surface area contributed by atoms with E-state index in [4.69, 9.17) is 0 Å². The summed E-state index contributed by atoms with van der Waals surface area (Å²) in [6.07, 6.45) is 1.01. The maximum Gasteiger partial charge on any atom is 0.274 e. The summed E-state index contributed by atoms with van der Waals surface area (Å²) in [6.45, 7) is 10.3. The predicted molar refractivity (Wildman–Crippen MR) is 141 cm³/mol. The molecule has 4 rings (SSSR count). The Labute approximate surface area is 225 Å². The minimum atomic E-state index is -0.770. The van der Waals surface area contributed by atoms with E-state index in [9.17, 15) is 23.9 Å². The second-order valence-corrected chi connectivity index (χ2v) is 11.5. The second kappa shape index (κ2) is 11.2. The fourth-order valence-corrected chi connectivity index (χ4v) is 6.06. The molecule has 2 aliphatic rings. The zero-order valence-electron chi connectivity index (χ0n) is 22.3. The monoisotopic (exact) mass is 543 g/mol. The molecular formula is C27H34FN5O4S. The van der Waals surface area contributed by atoms with Crippen molar-refractivity contribution in [3.63, 3.8) is 0 Å². The van der Waals surface area contributed by atoms with Gasteiger partial charge in [0.25, 0.3) is 5.91 Å². The molecule has 0 spiro atoms. The van der Waals surface area contributed by atoms with Gasteiger partial charge in [-0.15, -0.1) is 21.5 Å². The summed E-state index contributed by atoms with van der Waals surface area (Å²) in [4.78, 5) is 44.1. The van der Waals surface area contributed by atoms with Gasteiger partial charge < -0.3 is 19.8 Å². The van der Waals surface area contributed by atoms with E-state index in [2.05, 4.69) is 10.2 Å². The molecule has 9 nitrogen and oxygen atoms in total. The van der Waals surface area contributed by atoms with Crippen LogP contribution in [0.5, 0.6) is 0 Å². The van der Waals surface area contributed by atoms with E-state index in [1.807, 2.05) is 32.6 Å². The summed E-state index contributed by atoms with van der Waals surface area (Å²) in [6, 6.07) is 5.82. The number of Topliss-reactive ketones (excluding diaryl/α,β-unsaturated/α-hetero) is 1. The number of fused-ring (bicyclic) bond motifs is 1. The smallest absolute Gasteiger partial charge is 0.274 e. The van der Waals surface area contributed by atoms with Gasteiger partial charge in [-0.25, -0.2) is 4.39 Å². The minimum absolute atomic E-state index is 0.0196. The number of benzene rings is 1. The first-order valence-corrected chi connectivity index (χ1v) is 13.7. The van der Waals surface area contributed by atoms with Crippen molar-refractivity contribution >= 4 is 28.9 Å². The van der Waals surface area contributed by atoms with E-state index in [0.717, 1.165) is 5.56 Å². The summed E-state index contributed by atoms with van der Waals surface area (Å²) < 4.78 is 13.3. The van der Waals surface area contributed by atoms with Crippen molar-refractivity contribution in [2.24, 2.45) is 0 Å². The van der Waals surface area contributed by atoms with Crippen molar-refractivity contribution in [2.75, 3.05) is 19.6 Å². The van der Waals surface area contributed by atoms with Crippen LogP contribution in [0.1, 0.15) is 62.5 Å². The molecule has 1 aromatic heterocycles. The van der Waals surface area contributed by atoms with Gasteiger partial charge in [0, 0.05) is 51.1 Å². The van der Waals surface area contributed by atoms with Gasteiger partial charge in [-0.05, 0) is 51.8 Å². The number of aliphatic hydroxyl groups is 1. The van der Waals surface area contributed by atoms with Crippen LogP contribution in [0.15, 0.2) is 35.7 Å². The molecule has 1 fully saturated rings. The molecule has 1 aromatic carbocycles. The van der Waals surface area contributed by atoms with Crippen LogP contribution >= 0.6 is 11.3 Å². The van der Waals surface area contributed by atoms with E-state index >= 15 is 0 Å². The molecule has 3 heterocycles. The van der Waals surface area contributed by atoms with Crippen LogP contribution in [-0.4, -0.2) is 85.4 Å². The summed E-state index contributed by atoms with van der Waals surface area (Å²) in [7, 11) is 0. The van der Waals surface area contributed by atoms with Gasteiger partial charge in [-0.1, -0.05) is 12.1 Å². The minimum Gasteiger partial charge on any atom is -0.503 e. The highest BCUT2D eigenvalue weighted by Crippen LogP contribution is 2.36. The Kier molecular flexibility index (Phi) is 8.15. The molecule has 2 amide bonds. The van der Waals surface area contributed by atoms with Crippen LogP contribution in [0.25, 0.3) is 0 Å². The molecule has 1 unspecified atom stereocenters. The molecule has 2 atom stereocenters. The molecule has 2 aliphatic heterocycles. The molecule has 0 radical (unpaired) electrons. The molecule has 1 saturated heterocycles. The number of piperazine rings is 1. The number of hydrogen-bond acceptors (Lipinski definition) is 8. The Morgan fingerprint density at radius 2 is 1.84 bits per heavy atom. The molecule has 0 saturated carbocycles. The van der Waals surface area contributed by atoms with Gasteiger partial charge in [0.2, 0.25) is 11.7 Å². The van der Waals surface area contributed by atoms with Crippen LogP contribution in [-0.2, 0) is 20.8 Å². The molecule has 1 N–H and O–H groups in total. The third-order valence-electron chi connectivity index (χ3n) is 7.16. The van der Waals surface area contributed by atoms with Crippen molar-refractivity contribution < 1.29 is 23.9 Å². The van der Waals surface area contributed by atoms with Crippen LogP contribution in [0.4, 0.5) is 4.39 Å². The zero-order chi connectivity index (χ0) is 27.7.